The molecular formula is C11H13BrFNO. The quantitative estimate of drug-likeness (QED) is 0.914. The highest BCUT2D eigenvalue weighted by molar-refractivity contribution is 9.10. The van der Waals surface area contributed by atoms with Gasteiger partial charge in [0.15, 0.2) is 0 Å². The average molecular weight is 274 g/mol. The molecule has 0 spiro atoms. The molecule has 2 rings (SSSR count). The molecule has 0 atom stereocenters. The van der Waals surface area contributed by atoms with E-state index in [0.717, 1.165) is 23.0 Å². The minimum Gasteiger partial charge on any atom is -0.381 e. The van der Waals surface area contributed by atoms with E-state index >= 15 is 0 Å². The van der Waals surface area contributed by atoms with Gasteiger partial charge >= 0.3 is 0 Å². The van der Waals surface area contributed by atoms with Crippen molar-refractivity contribution < 1.29 is 9.13 Å². The Morgan fingerprint density at radius 2 is 2.20 bits per heavy atom. The Morgan fingerprint density at radius 1 is 1.47 bits per heavy atom. The predicted octanol–water partition coefficient (Wildman–Crippen LogP) is 3.18. The first-order valence-corrected chi connectivity index (χ1v) is 5.72. The summed E-state index contributed by atoms with van der Waals surface area (Å²) >= 11 is 3.38. The van der Waals surface area contributed by atoms with Crippen molar-refractivity contribution in [2.75, 3.05) is 12.4 Å². The predicted molar refractivity (Wildman–Crippen MR) is 61.5 cm³/mol. The van der Waals surface area contributed by atoms with Crippen molar-refractivity contribution in [1.29, 1.82) is 0 Å². The summed E-state index contributed by atoms with van der Waals surface area (Å²) in [6, 6.07) is 5.05. The average Bonchev–Trinajstić information content (AvgIpc) is 2.16. The van der Waals surface area contributed by atoms with Crippen LogP contribution < -0.4 is 5.32 Å². The highest BCUT2D eigenvalue weighted by Gasteiger charge is 2.29. The number of anilines is 1. The SMILES string of the molecule is COC1CC(Nc2cc(F)ccc2Br)C1. The van der Waals surface area contributed by atoms with Gasteiger partial charge in [-0.3, -0.25) is 0 Å². The van der Waals surface area contributed by atoms with E-state index in [1.165, 1.54) is 12.1 Å². The van der Waals surface area contributed by atoms with Crippen LogP contribution in [0, 0.1) is 5.82 Å². The van der Waals surface area contributed by atoms with Gasteiger partial charge in [0.1, 0.15) is 5.82 Å². The monoisotopic (exact) mass is 273 g/mol. The fourth-order valence-electron chi connectivity index (χ4n) is 1.70. The van der Waals surface area contributed by atoms with Crippen LogP contribution in [0.5, 0.6) is 0 Å². The first-order valence-electron chi connectivity index (χ1n) is 4.93. The molecule has 1 aliphatic carbocycles. The van der Waals surface area contributed by atoms with Crippen molar-refractivity contribution >= 4 is 21.6 Å². The van der Waals surface area contributed by atoms with Crippen molar-refractivity contribution in [3.8, 4) is 0 Å². The fraction of sp³-hybridized carbons (Fsp3) is 0.455. The molecule has 1 fully saturated rings. The maximum Gasteiger partial charge on any atom is 0.125 e. The summed E-state index contributed by atoms with van der Waals surface area (Å²) in [6.07, 6.45) is 2.33. The van der Waals surface area contributed by atoms with Crippen LogP contribution in [0.15, 0.2) is 22.7 Å². The van der Waals surface area contributed by atoms with Crippen molar-refractivity contribution in [2.45, 2.75) is 25.0 Å². The largest absolute Gasteiger partial charge is 0.381 e. The Labute approximate surface area is 96.9 Å². The summed E-state index contributed by atoms with van der Waals surface area (Å²) in [6.45, 7) is 0. The molecule has 15 heavy (non-hydrogen) atoms. The lowest BCUT2D eigenvalue weighted by Crippen LogP contribution is -2.40. The molecule has 0 saturated heterocycles. The molecule has 0 bridgehead atoms. The summed E-state index contributed by atoms with van der Waals surface area (Å²) in [5.74, 6) is -0.219. The van der Waals surface area contributed by atoms with Gasteiger partial charge in [-0.1, -0.05) is 0 Å². The summed E-state index contributed by atoms with van der Waals surface area (Å²) in [4.78, 5) is 0. The van der Waals surface area contributed by atoms with Gasteiger partial charge in [0.05, 0.1) is 11.8 Å². The standard InChI is InChI=1S/C11H13BrFNO/c1-15-9-5-8(6-9)14-11-4-7(13)2-3-10(11)12/h2-4,8-9,14H,5-6H2,1H3. The Kier molecular flexibility index (Phi) is 3.26. The highest BCUT2D eigenvalue weighted by Crippen LogP contribution is 2.30. The molecule has 0 radical (unpaired) electrons. The van der Waals surface area contributed by atoms with E-state index in [4.69, 9.17) is 4.74 Å². The third kappa shape index (κ3) is 2.49. The van der Waals surface area contributed by atoms with E-state index in [1.54, 1.807) is 13.2 Å². The number of methoxy groups -OCH3 is 1. The number of hydrogen-bond donors (Lipinski definition) is 1. The lowest BCUT2D eigenvalue weighted by molar-refractivity contribution is 0.0328. The maximum atomic E-state index is 13.0. The zero-order valence-electron chi connectivity index (χ0n) is 8.47. The lowest BCUT2D eigenvalue weighted by Gasteiger charge is -2.35. The fourth-order valence-corrected chi connectivity index (χ4v) is 2.07. The van der Waals surface area contributed by atoms with Crippen molar-refractivity contribution in [1.82, 2.24) is 0 Å². The molecule has 0 unspecified atom stereocenters. The van der Waals surface area contributed by atoms with Crippen molar-refractivity contribution in [3.05, 3.63) is 28.5 Å². The summed E-state index contributed by atoms with van der Waals surface area (Å²) in [5.41, 5.74) is 0.814. The highest BCUT2D eigenvalue weighted by atomic mass is 79.9. The molecule has 1 N–H and O–H groups in total. The van der Waals surface area contributed by atoms with Crippen LogP contribution in [0.1, 0.15) is 12.8 Å². The second-order valence-electron chi connectivity index (χ2n) is 3.79. The summed E-state index contributed by atoms with van der Waals surface area (Å²) < 4.78 is 19.1. The van der Waals surface area contributed by atoms with Gasteiger partial charge in [0.25, 0.3) is 0 Å². The number of nitrogens with one attached hydrogen (secondary N) is 1. The molecule has 0 aromatic heterocycles. The van der Waals surface area contributed by atoms with Gasteiger partial charge in [-0.15, -0.1) is 0 Å². The molecule has 0 amide bonds. The minimum atomic E-state index is -0.219. The molecule has 2 nitrogen and oxygen atoms in total. The number of halogens is 2. The maximum absolute atomic E-state index is 13.0. The van der Waals surface area contributed by atoms with Crippen LogP contribution in [0.4, 0.5) is 10.1 Å². The molecular weight excluding hydrogens is 261 g/mol. The van der Waals surface area contributed by atoms with E-state index < -0.39 is 0 Å². The number of benzene rings is 1. The lowest BCUT2D eigenvalue weighted by atomic mass is 9.89. The Hall–Kier alpha value is -0.610. The second-order valence-corrected chi connectivity index (χ2v) is 4.65. The number of ether oxygens (including phenoxy) is 1. The van der Waals surface area contributed by atoms with E-state index in [1.807, 2.05) is 0 Å². The molecule has 0 heterocycles. The Bertz CT molecular complexity index is 352. The van der Waals surface area contributed by atoms with E-state index in [9.17, 15) is 4.39 Å². The smallest absolute Gasteiger partial charge is 0.125 e. The molecule has 82 valence electrons. The van der Waals surface area contributed by atoms with Crippen molar-refractivity contribution in [3.63, 3.8) is 0 Å². The minimum absolute atomic E-state index is 0.219. The Balaban J connectivity index is 1.97. The third-order valence-electron chi connectivity index (χ3n) is 2.72. The molecule has 1 saturated carbocycles. The van der Waals surface area contributed by atoms with Crippen LogP contribution in [-0.4, -0.2) is 19.3 Å². The number of rotatable bonds is 3. The van der Waals surface area contributed by atoms with Crippen LogP contribution in [-0.2, 0) is 4.74 Å². The van der Waals surface area contributed by atoms with E-state index in [-0.39, 0.29) is 5.82 Å². The van der Waals surface area contributed by atoms with Gasteiger partial charge in [0, 0.05) is 17.6 Å². The van der Waals surface area contributed by atoms with E-state index in [2.05, 4.69) is 21.2 Å². The van der Waals surface area contributed by atoms with Crippen molar-refractivity contribution in [2.24, 2.45) is 0 Å². The molecule has 1 aromatic carbocycles. The molecule has 1 aromatic rings. The van der Waals surface area contributed by atoms with Gasteiger partial charge in [-0.25, -0.2) is 4.39 Å². The van der Waals surface area contributed by atoms with Crippen LogP contribution in [0.2, 0.25) is 0 Å². The number of hydrogen-bond acceptors (Lipinski definition) is 2. The topological polar surface area (TPSA) is 21.3 Å². The third-order valence-corrected chi connectivity index (χ3v) is 3.41. The van der Waals surface area contributed by atoms with Gasteiger partial charge < -0.3 is 10.1 Å². The zero-order chi connectivity index (χ0) is 10.8. The van der Waals surface area contributed by atoms with Gasteiger partial charge in [0.2, 0.25) is 0 Å². The first-order chi connectivity index (χ1) is 7.19. The zero-order valence-corrected chi connectivity index (χ0v) is 10.1. The normalized spacial score (nSPS) is 24.7. The molecule has 1 aliphatic rings. The van der Waals surface area contributed by atoms with Crippen LogP contribution >= 0.6 is 15.9 Å². The summed E-state index contributed by atoms with van der Waals surface area (Å²) in [7, 11) is 1.72. The molecule has 4 heteroatoms. The van der Waals surface area contributed by atoms with Crippen LogP contribution in [0.25, 0.3) is 0 Å². The van der Waals surface area contributed by atoms with Crippen LogP contribution in [0.3, 0.4) is 0 Å². The molecule has 0 aliphatic heterocycles. The van der Waals surface area contributed by atoms with E-state index in [0.29, 0.717) is 12.1 Å². The second kappa shape index (κ2) is 4.49. The van der Waals surface area contributed by atoms with Gasteiger partial charge in [-0.05, 0) is 47.0 Å². The van der Waals surface area contributed by atoms with Gasteiger partial charge in [-0.2, -0.15) is 0 Å². The Morgan fingerprint density at radius 3 is 2.87 bits per heavy atom. The summed E-state index contributed by atoms with van der Waals surface area (Å²) in [5, 5.41) is 3.28. The first kappa shape index (κ1) is 10.9.